The van der Waals surface area contributed by atoms with Gasteiger partial charge in [-0.15, -0.1) is 0 Å². The lowest BCUT2D eigenvalue weighted by molar-refractivity contribution is 0.733. The average Bonchev–Trinajstić information content (AvgIpc) is 3.76. The van der Waals surface area contributed by atoms with E-state index in [1.54, 1.807) is 4.57 Å². The lowest BCUT2D eigenvalue weighted by Crippen LogP contribution is -2.28. The minimum Gasteiger partial charge on any atom is -0.269 e. The van der Waals surface area contributed by atoms with E-state index < -0.39 is 0 Å². The van der Waals surface area contributed by atoms with Crippen molar-refractivity contribution >= 4 is 0 Å². The van der Waals surface area contributed by atoms with E-state index >= 15 is 0 Å². The highest BCUT2D eigenvalue weighted by atomic mass is 16.1. The third-order valence-electron chi connectivity index (χ3n) is 7.07. The van der Waals surface area contributed by atoms with Crippen LogP contribution in [0.2, 0.25) is 0 Å². The van der Waals surface area contributed by atoms with Crippen molar-refractivity contribution in [3.63, 3.8) is 0 Å². The summed E-state index contributed by atoms with van der Waals surface area (Å²) < 4.78 is 1.79. The number of nitrogens with zero attached hydrogens (tertiary/aromatic N) is 3. The van der Waals surface area contributed by atoms with Crippen molar-refractivity contribution in [2.24, 2.45) is 0 Å². The Morgan fingerprint density at radius 2 is 1.81 bits per heavy atom. The van der Waals surface area contributed by atoms with Gasteiger partial charge in [0.2, 0.25) is 0 Å². The fourth-order valence-electron chi connectivity index (χ4n) is 4.92. The van der Waals surface area contributed by atoms with Gasteiger partial charge in [0.15, 0.2) is 0 Å². The predicted molar refractivity (Wildman–Crippen MR) is 145 cm³/mol. The van der Waals surface area contributed by atoms with Crippen LogP contribution in [0.5, 0.6) is 0 Å². The Hall–Kier alpha value is -3.97. The minimum absolute atomic E-state index is 0.0282. The van der Waals surface area contributed by atoms with Gasteiger partial charge in [0.1, 0.15) is 5.82 Å². The maximum Gasteiger partial charge on any atom is 0.261 e. The molecule has 1 saturated carbocycles. The van der Waals surface area contributed by atoms with E-state index in [1.807, 2.05) is 49.4 Å². The Kier molecular flexibility index (Phi) is 6.82. The molecule has 4 aromatic rings. The number of rotatable bonds is 8. The smallest absolute Gasteiger partial charge is 0.261 e. The molecule has 4 heteroatoms. The largest absolute Gasteiger partial charge is 0.269 e. The van der Waals surface area contributed by atoms with Crippen molar-refractivity contribution < 1.29 is 0 Å². The topological polar surface area (TPSA) is 58.7 Å². The van der Waals surface area contributed by atoms with Crippen LogP contribution in [0.25, 0.3) is 16.8 Å². The van der Waals surface area contributed by atoms with Crippen molar-refractivity contribution in [3.8, 4) is 22.9 Å². The molecule has 3 aromatic carbocycles. The zero-order valence-electron chi connectivity index (χ0n) is 21.0. The van der Waals surface area contributed by atoms with E-state index in [1.165, 1.54) is 18.4 Å². The number of aryl methyl sites for hydroxylation is 2. The lowest BCUT2D eigenvalue weighted by atomic mass is 9.96. The third kappa shape index (κ3) is 4.88. The summed E-state index contributed by atoms with van der Waals surface area (Å²) in [5, 5.41) is 9.46. The molecule has 1 aliphatic rings. The molecule has 1 aliphatic carbocycles. The summed E-state index contributed by atoms with van der Waals surface area (Å²) in [5.41, 5.74) is 7.57. The first-order valence-electron chi connectivity index (χ1n) is 12.9. The molecule has 1 aromatic heterocycles. The van der Waals surface area contributed by atoms with Crippen LogP contribution in [0.4, 0.5) is 0 Å². The van der Waals surface area contributed by atoms with Crippen molar-refractivity contribution in [2.75, 3.05) is 0 Å². The maximum atomic E-state index is 13.9. The normalized spacial score (nSPS) is 12.9. The second-order valence-electron chi connectivity index (χ2n) is 9.73. The summed E-state index contributed by atoms with van der Waals surface area (Å²) in [6.07, 6.45) is 5.85. The quantitative estimate of drug-likeness (QED) is 0.280. The molecule has 0 bridgehead atoms. The van der Waals surface area contributed by atoms with E-state index in [-0.39, 0.29) is 5.56 Å². The molecule has 0 aliphatic heterocycles. The second kappa shape index (κ2) is 10.3. The Labute approximate surface area is 212 Å². The highest BCUT2D eigenvalue weighted by Crippen LogP contribution is 2.40. The van der Waals surface area contributed by atoms with E-state index in [4.69, 9.17) is 4.98 Å². The number of aromatic nitrogens is 2. The molecule has 0 saturated heterocycles. The second-order valence-corrected chi connectivity index (χ2v) is 9.73. The average molecular weight is 474 g/mol. The number of hydrogen-bond donors (Lipinski definition) is 0. The van der Waals surface area contributed by atoms with Gasteiger partial charge in [0, 0.05) is 12.0 Å². The molecular formula is C32H31N3O. The summed E-state index contributed by atoms with van der Waals surface area (Å²) in [7, 11) is 0. The first kappa shape index (κ1) is 23.8. The molecule has 0 unspecified atom stereocenters. The van der Waals surface area contributed by atoms with Crippen LogP contribution in [0, 0.1) is 18.3 Å². The zero-order valence-corrected chi connectivity index (χ0v) is 21.0. The predicted octanol–water partition coefficient (Wildman–Crippen LogP) is 6.89. The van der Waals surface area contributed by atoms with E-state index in [2.05, 4.69) is 43.3 Å². The molecule has 0 N–H and O–H groups in total. The maximum absolute atomic E-state index is 13.9. The van der Waals surface area contributed by atoms with Gasteiger partial charge >= 0.3 is 0 Å². The van der Waals surface area contributed by atoms with Crippen molar-refractivity contribution in [3.05, 3.63) is 117 Å². The van der Waals surface area contributed by atoms with Gasteiger partial charge < -0.3 is 0 Å². The highest BCUT2D eigenvalue weighted by Gasteiger charge is 2.24. The fourth-order valence-corrected chi connectivity index (χ4v) is 4.92. The van der Waals surface area contributed by atoms with Crippen molar-refractivity contribution in [2.45, 2.75) is 58.3 Å². The summed E-state index contributed by atoms with van der Waals surface area (Å²) in [4.78, 5) is 18.9. The number of unbranched alkanes of at least 4 members (excludes halogenated alkanes) is 1. The van der Waals surface area contributed by atoms with Crippen molar-refractivity contribution in [1.82, 2.24) is 9.55 Å². The molecular weight excluding hydrogens is 442 g/mol. The van der Waals surface area contributed by atoms with Crippen LogP contribution in [-0.2, 0) is 12.8 Å². The molecule has 36 heavy (non-hydrogen) atoms. The van der Waals surface area contributed by atoms with Gasteiger partial charge in [0.25, 0.3) is 5.56 Å². The molecule has 0 spiro atoms. The van der Waals surface area contributed by atoms with Crippen LogP contribution >= 0.6 is 0 Å². The molecule has 1 heterocycles. The summed E-state index contributed by atoms with van der Waals surface area (Å²) in [6.45, 7) is 4.10. The van der Waals surface area contributed by atoms with E-state index in [0.29, 0.717) is 17.9 Å². The zero-order chi connectivity index (χ0) is 25.1. The van der Waals surface area contributed by atoms with E-state index in [9.17, 15) is 10.1 Å². The Morgan fingerprint density at radius 1 is 1.03 bits per heavy atom. The molecule has 0 amide bonds. The van der Waals surface area contributed by atoms with Crippen LogP contribution in [0.15, 0.2) is 77.6 Å². The van der Waals surface area contributed by atoms with E-state index in [0.717, 1.165) is 58.7 Å². The Balaban J connectivity index is 1.53. The molecule has 180 valence electrons. The van der Waals surface area contributed by atoms with Crippen molar-refractivity contribution in [1.29, 1.82) is 5.26 Å². The minimum atomic E-state index is 0.0282. The number of hydrogen-bond acceptors (Lipinski definition) is 3. The SMILES string of the molecule is CCCCc1nc(C)n(-c2cccc(C3CC3)c2)c(=O)c1Cc1ccc(-c2ccccc2C#N)cc1. The van der Waals surface area contributed by atoms with Gasteiger partial charge in [-0.2, -0.15) is 5.26 Å². The number of benzene rings is 3. The van der Waals surface area contributed by atoms with Crippen LogP contribution < -0.4 is 5.56 Å². The van der Waals surface area contributed by atoms with Gasteiger partial charge in [-0.3, -0.25) is 9.36 Å². The van der Waals surface area contributed by atoms with Gasteiger partial charge in [-0.25, -0.2) is 4.98 Å². The van der Waals surface area contributed by atoms with Crippen LogP contribution in [-0.4, -0.2) is 9.55 Å². The summed E-state index contributed by atoms with van der Waals surface area (Å²) in [6, 6.07) is 26.5. The molecule has 1 fully saturated rings. The Morgan fingerprint density at radius 3 is 2.53 bits per heavy atom. The van der Waals surface area contributed by atoms with Gasteiger partial charge in [0.05, 0.1) is 23.0 Å². The Bertz CT molecular complexity index is 1490. The first-order valence-corrected chi connectivity index (χ1v) is 12.9. The van der Waals surface area contributed by atoms with Crippen LogP contribution in [0.3, 0.4) is 0 Å². The van der Waals surface area contributed by atoms with Crippen LogP contribution in [0.1, 0.15) is 72.3 Å². The van der Waals surface area contributed by atoms with Gasteiger partial charge in [-0.05, 0) is 79.0 Å². The molecule has 0 radical (unpaired) electrons. The first-order chi connectivity index (χ1) is 17.6. The van der Waals surface area contributed by atoms with Gasteiger partial charge in [-0.1, -0.05) is 67.9 Å². The lowest BCUT2D eigenvalue weighted by Gasteiger charge is -2.16. The standard InChI is InChI=1S/C32H31N3O/c1-3-4-12-31-30(19-23-13-15-25(16-14-23)29-11-6-5-8-27(29)21-33)32(36)35(22(2)34-31)28-10-7-9-26(20-28)24-17-18-24/h5-11,13-16,20,24H,3-4,12,17-19H2,1-2H3. The monoisotopic (exact) mass is 473 g/mol. The number of nitriles is 1. The highest BCUT2D eigenvalue weighted by molar-refractivity contribution is 5.70. The molecule has 4 nitrogen and oxygen atoms in total. The fraction of sp³-hybridized carbons (Fsp3) is 0.281. The summed E-state index contributed by atoms with van der Waals surface area (Å²) in [5.74, 6) is 1.37. The molecule has 5 rings (SSSR count). The molecule has 0 atom stereocenters. The summed E-state index contributed by atoms with van der Waals surface area (Å²) >= 11 is 0. The third-order valence-corrected chi connectivity index (χ3v) is 7.07.